The molecule has 6 nitrogen and oxygen atoms in total. The number of ether oxygens (including phenoxy) is 1. The molecule has 0 aliphatic rings. The Balaban J connectivity index is 2.18. The van der Waals surface area contributed by atoms with Crippen LogP contribution >= 0.6 is 15.9 Å². The van der Waals surface area contributed by atoms with E-state index in [4.69, 9.17) is 4.74 Å². The Morgan fingerprint density at radius 1 is 1.36 bits per heavy atom. The van der Waals surface area contributed by atoms with Crippen LogP contribution in [-0.2, 0) is 7.05 Å². The molecule has 14 heavy (non-hydrogen) atoms. The van der Waals surface area contributed by atoms with Crippen molar-refractivity contribution in [2.75, 3.05) is 0 Å². The van der Waals surface area contributed by atoms with Crippen LogP contribution in [0.1, 0.15) is 0 Å². The summed E-state index contributed by atoms with van der Waals surface area (Å²) in [5, 5.41) is 3.94. The molecule has 2 aromatic heterocycles. The second kappa shape index (κ2) is 3.70. The average Bonchev–Trinajstić information content (AvgIpc) is 2.51. The van der Waals surface area contributed by atoms with Crippen molar-refractivity contribution >= 4 is 15.9 Å². The van der Waals surface area contributed by atoms with Crippen molar-refractivity contribution in [3.63, 3.8) is 0 Å². The van der Waals surface area contributed by atoms with Crippen molar-refractivity contribution in [2.24, 2.45) is 7.05 Å². The zero-order valence-corrected chi connectivity index (χ0v) is 8.84. The van der Waals surface area contributed by atoms with Gasteiger partial charge in [-0.1, -0.05) is 0 Å². The lowest BCUT2D eigenvalue weighted by molar-refractivity contribution is 0.421. The lowest BCUT2D eigenvalue weighted by Gasteiger charge is -1.98. The summed E-state index contributed by atoms with van der Waals surface area (Å²) in [5.74, 6) is 0.401. The fourth-order valence-electron chi connectivity index (χ4n) is 0.833. The maximum Gasteiger partial charge on any atom is 0.342 e. The van der Waals surface area contributed by atoms with Crippen LogP contribution in [0.2, 0.25) is 0 Å². The van der Waals surface area contributed by atoms with E-state index >= 15 is 0 Å². The van der Waals surface area contributed by atoms with E-state index in [0.29, 0.717) is 10.5 Å². The standard InChI is InChI=1S/C7H6BrN5O/c1-13-4-11-7(12-13)14-6-2-5(8)9-3-10-6/h2-4H,1H3. The fourth-order valence-corrected chi connectivity index (χ4v) is 1.12. The Kier molecular flexibility index (Phi) is 2.40. The van der Waals surface area contributed by atoms with E-state index in [0.717, 1.165) is 0 Å². The Morgan fingerprint density at radius 3 is 2.86 bits per heavy atom. The summed E-state index contributed by atoms with van der Waals surface area (Å²) in [4.78, 5) is 11.7. The third kappa shape index (κ3) is 2.05. The lowest BCUT2D eigenvalue weighted by Crippen LogP contribution is -1.92. The number of halogens is 1. The number of hydrogen-bond donors (Lipinski definition) is 0. The van der Waals surface area contributed by atoms with Gasteiger partial charge in [-0.15, -0.1) is 5.10 Å². The highest BCUT2D eigenvalue weighted by Gasteiger charge is 2.03. The molecule has 0 bridgehead atoms. The van der Waals surface area contributed by atoms with Crippen LogP contribution in [0.3, 0.4) is 0 Å². The van der Waals surface area contributed by atoms with E-state index in [9.17, 15) is 0 Å². The van der Waals surface area contributed by atoms with Gasteiger partial charge in [-0.2, -0.15) is 4.98 Å². The van der Waals surface area contributed by atoms with Crippen molar-refractivity contribution in [1.82, 2.24) is 24.7 Å². The molecule has 7 heteroatoms. The lowest BCUT2D eigenvalue weighted by atomic mass is 10.6. The highest BCUT2D eigenvalue weighted by molar-refractivity contribution is 9.10. The van der Waals surface area contributed by atoms with Gasteiger partial charge in [0.2, 0.25) is 5.88 Å². The molecule has 0 aromatic carbocycles. The SMILES string of the molecule is Cn1cnc(Oc2cc(Br)ncn2)n1. The molecule has 0 atom stereocenters. The molecule has 0 unspecified atom stereocenters. The first-order valence-electron chi connectivity index (χ1n) is 3.75. The minimum atomic E-state index is 0.262. The van der Waals surface area contributed by atoms with Crippen LogP contribution in [0.15, 0.2) is 23.3 Å². The molecule has 0 spiro atoms. The first-order valence-corrected chi connectivity index (χ1v) is 4.54. The van der Waals surface area contributed by atoms with E-state index < -0.39 is 0 Å². The Hall–Kier alpha value is -1.50. The second-order valence-corrected chi connectivity index (χ2v) is 3.29. The fraction of sp³-hybridized carbons (Fsp3) is 0.143. The largest absolute Gasteiger partial charge is 0.404 e. The maximum absolute atomic E-state index is 5.26. The van der Waals surface area contributed by atoms with Gasteiger partial charge >= 0.3 is 6.01 Å². The molecule has 0 saturated carbocycles. The Labute approximate surface area is 88.1 Å². The molecular weight excluding hydrogens is 250 g/mol. The van der Waals surface area contributed by atoms with Crippen molar-refractivity contribution in [3.05, 3.63) is 23.3 Å². The number of nitrogens with zero attached hydrogens (tertiary/aromatic N) is 5. The van der Waals surface area contributed by atoms with Gasteiger partial charge in [0.25, 0.3) is 0 Å². The van der Waals surface area contributed by atoms with Crippen LogP contribution in [0.5, 0.6) is 11.9 Å². The highest BCUT2D eigenvalue weighted by atomic mass is 79.9. The van der Waals surface area contributed by atoms with Gasteiger partial charge in [-0.05, 0) is 15.9 Å². The molecule has 0 fully saturated rings. The van der Waals surface area contributed by atoms with Gasteiger partial charge < -0.3 is 4.74 Å². The molecular formula is C7H6BrN5O. The zero-order chi connectivity index (χ0) is 9.97. The van der Waals surface area contributed by atoms with Crippen molar-refractivity contribution in [2.45, 2.75) is 0 Å². The van der Waals surface area contributed by atoms with Crippen molar-refractivity contribution in [1.29, 1.82) is 0 Å². The van der Waals surface area contributed by atoms with Gasteiger partial charge in [0.05, 0.1) is 0 Å². The molecule has 2 heterocycles. The van der Waals surface area contributed by atoms with Crippen LogP contribution < -0.4 is 4.74 Å². The quantitative estimate of drug-likeness (QED) is 0.754. The minimum absolute atomic E-state index is 0.262. The molecule has 2 rings (SSSR count). The first kappa shape index (κ1) is 9.07. The number of hydrogen-bond acceptors (Lipinski definition) is 5. The van der Waals surface area contributed by atoms with Crippen LogP contribution in [-0.4, -0.2) is 24.7 Å². The third-order valence-corrected chi connectivity index (χ3v) is 1.82. The summed E-state index contributed by atoms with van der Waals surface area (Å²) in [6.07, 6.45) is 2.94. The third-order valence-electron chi connectivity index (χ3n) is 1.38. The molecule has 0 amide bonds. The van der Waals surface area contributed by atoms with Crippen LogP contribution in [0, 0.1) is 0 Å². The molecule has 0 saturated heterocycles. The van der Waals surface area contributed by atoms with Gasteiger partial charge in [-0.3, -0.25) is 4.68 Å². The van der Waals surface area contributed by atoms with E-state index in [-0.39, 0.29) is 6.01 Å². The van der Waals surface area contributed by atoms with E-state index in [2.05, 4.69) is 36.0 Å². The average molecular weight is 256 g/mol. The summed E-state index contributed by atoms with van der Waals surface area (Å²) in [7, 11) is 1.76. The zero-order valence-electron chi connectivity index (χ0n) is 7.25. The molecule has 2 aromatic rings. The van der Waals surface area contributed by atoms with Gasteiger partial charge in [0.1, 0.15) is 17.3 Å². The summed E-state index contributed by atoms with van der Waals surface area (Å²) in [5.41, 5.74) is 0. The predicted molar refractivity (Wildman–Crippen MR) is 50.8 cm³/mol. The Bertz CT molecular complexity index is 443. The summed E-state index contributed by atoms with van der Waals surface area (Å²) in [6.45, 7) is 0. The molecule has 0 radical (unpaired) electrons. The topological polar surface area (TPSA) is 65.7 Å². The van der Waals surface area contributed by atoms with Gasteiger partial charge in [0, 0.05) is 13.1 Å². The van der Waals surface area contributed by atoms with E-state index in [1.807, 2.05) is 0 Å². The number of aryl methyl sites for hydroxylation is 1. The normalized spacial score (nSPS) is 10.1. The first-order chi connectivity index (χ1) is 6.74. The van der Waals surface area contributed by atoms with Crippen molar-refractivity contribution in [3.8, 4) is 11.9 Å². The number of aromatic nitrogens is 5. The summed E-state index contributed by atoms with van der Waals surface area (Å²) >= 11 is 3.20. The van der Waals surface area contributed by atoms with Crippen LogP contribution in [0.25, 0.3) is 0 Å². The van der Waals surface area contributed by atoms with E-state index in [1.165, 1.54) is 6.33 Å². The van der Waals surface area contributed by atoms with Gasteiger partial charge in [-0.25, -0.2) is 9.97 Å². The predicted octanol–water partition coefficient (Wildman–Crippen LogP) is 1.16. The molecule has 0 aliphatic carbocycles. The van der Waals surface area contributed by atoms with Crippen LogP contribution in [0.4, 0.5) is 0 Å². The number of rotatable bonds is 2. The van der Waals surface area contributed by atoms with Crippen molar-refractivity contribution < 1.29 is 4.74 Å². The molecule has 0 N–H and O–H groups in total. The summed E-state index contributed by atoms with van der Waals surface area (Å²) < 4.78 is 7.45. The van der Waals surface area contributed by atoms with E-state index in [1.54, 1.807) is 24.1 Å². The minimum Gasteiger partial charge on any atom is -0.404 e. The molecule has 0 aliphatic heterocycles. The monoisotopic (exact) mass is 255 g/mol. The smallest absolute Gasteiger partial charge is 0.342 e. The van der Waals surface area contributed by atoms with Gasteiger partial charge in [0.15, 0.2) is 0 Å². The Morgan fingerprint density at radius 2 is 2.21 bits per heavy atom. The maximum atomic E-state index is 5.26. The summed E-state index contributed by atoms with van der Waals surface area (Å²) in [6, 6.07) is 1.90. The second-order valence-electron chi connectivity index (χ2n) is 2.48. The molecule has 72 valence electrons. The highest BCUT2D eigenvalue weighted by Crippen LogP contribution is 2.16.